The number of hydrogen-bond donors (Lipinski definition) is 3. The number of nitrogens with one attached hydrogen (secondary N) is 3. The average Bonchev–Trinajstić information content (AvgIpc) is 3.48. The lowest BCUT2D eigenvalue weighted by atomic mass is 9.97. The van der Waals surface area contributed by atoms with Crippen LogP contribution in [-0.2, 0) is 19.4 Å². The fraction of sp³-hybridized carbons (Fsp3) is 0.318. The minimum absolute atomic E-state index is 0.107. The Bertz CT molecular complexity index is 1290. The van der Waals surface area contributed by atoms with Gasteiger partial charge in [-0.2, -0.15) is 0 Å². The molecular weight excluding hydrogens is 435 g/mol. The van der Waals surface area contributed by atoms with Gasteiger partial charge in [0.25, 0.3) is 0 Å². The Labute approximate surface area is 189 Å². The summed E-state index contributed by atoms with van der Waals surface area (Å²) in [6.45, 7) is 4.45. The molecule has 9 heteroatoms. The second-order valence-corrected chi connectivity index (χ2v) is 9.04. The standard InChI is InChI=1S/C22H22Cl2N6O/c1-11-20(28-9-26-11)17(23)4-13-3-14(6-18(24)21-12(2)27-10-29-21)16-7-15-8-25-22(31)30(15)19(16)5-13/h3,5,7,9-10,17-18H,4,6,8H2,1-2H3,(H,25,31)(H,26,28)(H,27,29). The van der Waals surface area contributed by atoms with E-state index in [0.29, 0.717) is 19.4 Å². The molecule has 0 bridgehead atoms. The molecule has 5 rings (SSSR count). The summed E-state index contributed by atoms with van der Waals surface area (Å²) in [5, 5.41) is 3.35. The highest BCUT2D eigenvalue weighted by atomic mass is 35.5. The van der Waals surface area contributed by atoms with E-state index < -0.39 is 0 Å². The Morgan fingerprint density at radius 1 is 1.00 bits per heavy atom. The predicted octanol–water partition coefficient (Wildman–Crippen LogP) is 4.82. The van der Waals surface area contributed by atoms with Gasteiger partial charge in [-0.25, -0.2) is 14.8 Å². The number of amides is 1. The van der Waals surface area contributed by atoms with Crippen LogP contribution >= 0.6 is 23.2 Å². The van der Waals surface area contributed by atoms with Crippen LogP contribution in [0.3, 0.4) is 0 Å². The zero-order chi connectivity index (χ0) is 21.7. The van der Waals surface area contributed by atoms with Gasteiger partial charge in [-0.1, -0.05) is 6.07 Å². The maximum atomic E-state index is 12.4. The molecule has 0 fully saturated rings. The van der Waals surface area contributed by atoms with Crippen LogP contribution < -0.4 is 5.32 Å². The Hall–Kier alpha value is -2.77. The summed E-state index contributed by atoms with van der Waals surface area (Å²) in [4.78, 5) is 27.3. The molecule has 1 aliphatic rings. The van der Waals surface area contributed by atoms with Crippen LogP contribution in [-0.4, -0.2) is 30.5 Å². The Morgan fingerprint density at radius 2 is 1.65 bits per heavy atom. The molecule has 31 heavy (non-hydrogen) atoms. The van der Waals surface area contributed by atoms with Gasteiger partial charge in [0, 0.05) is 22.5 Å². The fourth-order valence-corrected chi connectivity index (χ4v) is 5.15. The van der Waals surface area contributed by atoms with Crippen molar-refractivity contribution in [3.8, 4) is 0 Å². The van der Waals surface area contributed by atoms with E-state index in [9.17, 15) is 4.79 Å². The van der Waals surface area contributed by atoms with Crippen molar-refractivity contribution in [3.63, 3.8) is 0 Å². The molecule has 3 aromatic heterocycles. The lowest BCUT2D eigenvalue weighted by Gasteiger charge is -2.14. The lowest BCUT2D eigenvalue weighted by Crippen LogP contribution is -2.17. The third-order valence-electron chi connectivity index (χ3n) is 5.91. The number of fused-ring (bicyclic) bond motifs is 3. The van der Waals surface area contributed by atoms with Crippen molar-refractivity contribution >= 4 is 40.1 Å². The largest absolute Gasteiger partial charge is 0.348 e. The first-order valence-corrected chi connectivity index (χ1v) is 11.0. The van der Waals surface area contributed by atoms with Gasteiger partial charge in [-0.15, -0.1) is 23.2 Å². The highest BCUT2D eigenvalue weighted by Crippen LogP contribution is 2.34. The number of nitrogens with zero attached hydrogens (tertiary/aromatic N) is 3. The molecule has 1 aliphatic heterocycles. The number of carbonyl (C=O) groups is 1. The number of rotatable bonds is 6. The summed E-state index contributed by atoms with van der Waals surface area (Å²) in [7, 11) is 0. The quantitative estimate of drug-likeness (QED) is 0.363. The van der Waals surface area contributed by atoms with E-state index in [1.807, 2.05) is 19.9 Å². The van der Waals surface area contributed by atoms with Gasteiger partial charge < -0.3 is 15.3 Å². The third kappa shape index (κ3) is 3.51. The molecule has 0 saturated carbocycles. The van der Waals surface area contributed by atoms with Crippen LogP contribution in [0.15, 0.2) is 30.9 Å². The Kier molecular flexibility index (Phi) is 5.02. The van der Waals surface area contributed by atoms with E-state index in [1.165, 1.54) is 0 Å². The van der Waals surface area contributed by atoms with Gasteiger partial charge >= 0.3 is 6.03 Å². The van der Waals surface area contributed by atoms with E-state index in [0.717, 1.165) is 50.5 Å². The first kappa shape index (κ1) is 20.2. The van der Waals surface area contributed by atoms with Crippen LogP contribution in [0, 0.1) is 13.8 Å². The minimum Gasteiger partial charge on any atom is -0.348 e. The van der Waals surface area contributed by atoms with E-state index in [4.69, 9.17) is 23.2 Å². The van der Waals surface area contributed by atoms with Crippen LogP contribution in [0.4, 0.5) is 4.79 Å². The summed E-state index contributed by atoms with van der Waals surface area (Å²) in [5.74, 6) is 0. The Morgan fingerprint density at radius 3 is 2.26 bits per heavy atom. The maximum absolute atomic E-state index is 12.4. The Balaban J connectivity index is 1.56. The summed E-state index contributed by atoms with van der Waals surface area (Å²) >= 11 is 13.5. The summed E-state index contributed by atoms with van der Waals surface area (Å²) in [5.41, 5.74) is 7.53. The van der Waals surface area contributed by atoms with Gasteiger partial charge in [0.15, 0.2) is 0 Å². The molecule has 1 aromatic carbocycles. The van der Waals surface area contributed by atoms with Crippen molar-refractivity contribution in [1.29, 1.82) is 0 Å². The molecule has 3 N–H and O–H groups in total. The number of aromatic nitrogens is 5. The predicted molar refractivity (Wildman–Crippen MR) is 121 cm³/mol. The molecule has 4 heterocycles. The number of imidazole rings is 2. The van der Waals surface area contributed by atoms with Crippen LogP contribution in [0.25, 0.3) is 10.9 Å². The summed E-state index contributed by atoms with van der Waals surface area (Å²) in [6.07, 6.45) is 4.50. The number of carbonyl (C=O) groups excluding carboxylic acids is 1. The molecule has 4 aromatic rings. The highest BCUT2D eigenvalue weighted by molar-refractivity contribution is 6.21. The van der Waals surface area contributed by atoms with Gasteiger partial charge in [0.2, 0.25) is 0 Å². The highest BCUT2D eigenvalue weighted by Gasteiger charge is 2.25. The first-order valence-electron chi connectivity index (χ1n) is 10.1. The van der Waals surface area contributed by atoms with Crippen molar-refractivity contribution in [2.75, 3.05) is 0 Å². The normalized spacial score (nSPS) is 15.3. The molecule has 1 amide bonds. The van der Waals surface area contributed by atoms with Crippen LogP contribution in [0.1, 0.15) is 50.4 Å². The summed E-state index contributed by atoms with van der Waals surface area (Å²) < 4.78 is 1.74. The monoisotopic (exact) mass is 456 g/mol. The molecule has 2 atom stereocenters. The lowest BCUT2D eigenvalue weighted by molar-refractivity contribution is 0.247. The number of hydrogen-bond acceptors (Lipinski definition) is 3. The van der Waals surface area contributed by atoms with Crippen molar-refractivity contribution in [2.24, 2.45) is 0 Å². The van der Waals surface area contributed by atoms with Crippen molar-refractivity contribution < 1.29 is 4.79 Å². The molecule has 0 aliphatic carbocycles. The minimum atomic E-state index is -0.284. The van der Waals surface area contributed by atoms with Crippen LogP contribution in [0.5, 0.6) is 0 Å². The topological polar surface area (TPSA) is 91.4 Å². The first-order chi connectivity index (χ1) is 14.9. The number of aryl methyl sites for hydroxylation is 2. The SMILES string of the molecule is Cc1[nH]cnc1C(Cl)Cc1cc(CC(Cl)c2nc[nH]c2C)c2cc3n(c2c1)C(=O)NC3. The second-order valence-electron chi connectivity index (χ2n) is 7.99. The van der Waals surface area contributed by atoms with Crippen molar-refractivity contribution in [3.05, 3.63) is 70.5 Å². The molecule has 0 spiro atoms. The molecule has 0 saturated heterocycles. The van der Waals surface area contributed by atoms with Crippen LogP contribution in [0.2, 0.25) is 0 Å². The maximum Gasteiger partial charge on any atom is 0.326 e. The van der Waals surface area contributed by atoms with E-state index in [2.05, 4.69) is 37.4 Å². The van der Waals surface area contributed by atoms with E-state index in [1.54, 1.807) is 17.2 Å². The zero-order valence-electron chi connectivity index (χ0n) is 17.2. The number of aromatic amines is 2. The number of halogens is 2. The summed E-state index contributed by atoms with van der Waals surface area (Å²) in [6, 6.07) is 6.16. The smallest absolute Gasteiger partial charge is 0.326 e. The van der Waals surface area contributed by atoms with Crippen molar-refractivity contribution in [1.82, 2.24) is 29.8 Å². The zero-order valence-corrected chi connectivity index (χ0v) is 18.7. The van der Waals surface area contributed by atoms with Gasteiger partial charge in [0.05, 0.1) is 46.9 Å². The van der Waals surface area contributed by atoms with Gasteiger partial charge in [-0.05, 0) is 49.9 Å². The molecular formula is C22H22Cl2N6O. The van der Waals surface area contributed by atoms with Gasteiger partial charge in [-0.3, -0.25) is 4.57 Å². The molecule has 7 nitrogen and oxygen atoms in total. The van der Waals surface area contributed by atoms with E-state index in [-0.39, 0.29) is 16.8 Å². The van der Waals surface area contributed by atoms with Gasteiger partial charge in [0.1, 0.15) is 0 Å². The average molecular weight is 457 g/mol. The number of alkyl halides is 2. The molecule has 2 unspecified atom stereocenters. The number of benzene rings is 1. The molecule has 160 valence electrons. The third-order valence-corrected chi connectivity index (χ3v) is 6.63. The van der Waals surface area contributed by atoms with Crippen molar-refractivity contribution in [2.45, 2.75) is 44.0 Å². The second kappa shape index (κ2) is 7.73. The van der Waals surface area contributed by atoms with E-state index >= 15 is 0 Å². The number of H-pyrrole nitrogens is 2. The fourth-order valence-electron chi connectivity index (χ4n) is 4.36. The molecule has 0 radical (unpaired) electrons.